The van der Waals surface area contributed by atoms with Gasteiger partial charge < -0.3 is 15.2 Å². The van der Waals surface area contributed by atoms with E-state index in [0.717, 1.165) is 0 Å². The third-order valence-electron chi connectivity index (χ3n) is 3.36. The zero-order valence-corrected chi connectivity index (χ0v) is 14.0. The first-order valence-corrected chi connectivity index (χ1v) is 7.58. The van der Waals surface area contributed by atoms with Gasteiger partial charge >= 0.3 is 12.1 Å². The maximum absolute atomic E-state index is 12.2. The maximum atomic E-state index is 12.2. The summed E-state index contributed by atoms with van der Waals surface area (Å²) in [6.07, 6.45) is -4.43. The lowest BCUT2D eigenvalue weighted by atomic mass is 10.1. The minimum atomic E-state index is -4.43. The van der Waals surface area contributed by atoms with E-state index in [1.807, 2.05) is 0 Å². The number of amides is 1. The number of benzene rings is 1. The number of nitrogens with zero attached hydrogens (tertiary/aromatic N) is 1. The Hall–Kier alpha value is -2.29. The summed E-state index contributed by atoms with van der Waals surface area (Å²) in [5.74, 6) is -1.21. The van der Waals surface area contributed by atoms with Crippen molar-refractivity contribution in [1.82, 2.24) is 10.2 Å². The zero-order chi connectivity index (χ0) is 19.0. The predicted octanol–water partition coefficient (Wildman–Crippen LogP) is 2.04. The third-order valence-corrected chi connectivity index (χ3v) is 3.36. The number of ether oxygens (including phenoxy) is 1. The maximum Gasteiger partial charge on any atom is 0.422 e. The summed E-state index contributed by atoms with van der Waals surface area (Å²) < 4.78 is 41.4. The van der Waals surface area contributed by atoms with Gasteiger partial charge in [0.1, 0.15) is 11.8 Å². The predicted molar refractivity (Wildman–Crippen MR) is 84.2 cm³/mol. The van der Waals surface area contributed by atoms with E-state index in [1.165, 1.54) is 26.0 Å². The molecule has 1 aromatic rings. The normalized spacial score (nSPS) is 12.7. The SMILES string of the molecule is CC(=O)NCCN(Cc1cccc(OCC(F)(F)F)c1)C(C)C(=O)O. The van der Waals surface area contributed by atoms with Crippen molar-refractivity contribution in [2.75, 3.05) is 19.7 Å². The van der Waals surface area contributed by atoms with Gasteiger partial charge in [-0.2, -0.15) is 13.2 Å². The molecule has 1 atom stereocenters. The van der Waals surface area contributed by atoms with Crippen molar-refractivity contribution < 1.29 is 32.6 Å². The summed E-state index contributed by atoms with van der Waals surface area (Å²) in [6, 6.07) is 5.22. The van der Waals surface area contributed by atoms with Gasteiger partial charge in [0, 0.05) is 26.6 Å². The molecule has 1 aromatic carbocycles. The Labute approximate surface area is 143 Å². The van der Waals surface area contributed by atoms with Crippen LogP contribution in [0, 0.1) is 0 Å². The second-order valence-corrected chi connectivity index (χ2v) is 5.52. The van der Waals surface area contributed by atoms with E-state index in [9.17, 15) is 27.9 Å². The molecule has 0 aromatic heterocycles. The van der Waals surface area contributed by atoms with Crippen molar-refractivity contribution in [3.63, 3.8) is 0 Å². The minimum absolute atomic E-state index is 0.0552. The number of alkyl halides is 3. The molecule has 0 aliphatic heterocycles. The average Bonchev–Trinajstić information content (AvgIpc) is 2.50. The zero-order valence-electron chi connectivity index (χ0n) is 14.0. The van der Waals surface area contributed by atoms with E-state index in [1.54, 1.807) is 17.0 Å². The highest BCUT2D eigenvalue weighted by Gasteiger charge is 2.28. The van der Waals surface area contributed by atoms with Crippen molar-refractivity contribution in [2.45, 2.75) is 32.6 Å². The van der Waals surface area contributed by atoms with Crippen LogP contribution in [0.4, 0.5) is 13.2 Å². The summed E-state index contributed by atoms with van der Waals surface area (Å²) in [6.45, 7) is 2.19. The molecule has 2 N–H and O–H groups in total. The molecular weight excluding hydrogens is 341 g/mol. The molecule has 1 amide bonds. The molecule has 6 nitrogen and oxygen atoms in total. The first kappa shape index (κ1) is 20.8. The van der Waals surface area contributed by atoms with Crippen LogP contribution >= 0.6 is 0 Å². The van der Waals surface area contributed by atoms with Gasteiger partial charge in [-0.3, -0.25) is 14.5 Å². The highest BCUT2D eigenvalue weighted by molar-refractivity contribution is 5.73. The van der Waals surface area contributed by atoms with E-state index in [0.29, 0.717) is 5.56 Å². The standard InChI is InChI=1S/C16H21F3N2O4/c1-11(15(23)24)21(7-6-20-12(2)22)9-13-4-3-5-14(8-13)25-10-16(17,18)19/h3-5,8,11H,6-7,9-10H2,1-2H3,(H,20,22)(H,23,24). The summed E-state index contributed by atoms with van der Waals surface area (Å²) in [5, 5.41) is 11.8. The number of carbonyl (C=O) groups excluding carboxylic acids is 1. The molecule has 25 heavy (non-hydrogen) atoms. The lowest BCUT2D eigenvalue weighted by molar-refractivity contribution is -0.153. The molecule has 0 bridgehead atoms. The first-order chi connectivity index (χ1) is 11.6. The summed E-state index contributed by atoms with van der Waals surface area (Å²) in [4.78, 5) is 23.8. The minimum Gasteiger partial charge on any atom is -0.484 e. The van der Waals surface area contributed by atoms with E-state index in [-0.39, 0.29) is 31.3 Å². The topological polar surface area (TPSA) is 78.9 Å². The largest absolute Gasteiger partial charge is 0.484 e. The van der Waals surface area contributed by atoms with Crippen LogP contribution in [0.15, 0.2) is 24.3 Å². The molecule has 0 spiro atoms. The number of hydrogen-bond donors (Lipinski definition) is 2. The Morgan fingerprint density at radius 1 is 1.36 bits per heavy atom. The number of carbonyl (C=O) groups is 2. The molecule has 0 aliphatic carbocycles. The molecule has 0 radical (unpaired) electrons. The molecule has 9 heteroatoms. The van der Waals surface area contributed by atoms with E-state index >= 15 is 0 Å². The fraction of sp³-hybridized carbons (Fsp3) is 0.500. The number of nitrogens with one attached hydrogen (secondary N) is 1. The molecular formula is C16H21F3N2O4. The van der Waals surface area contributed by atoms with Crippen LogP contribution in [0.3, 0.4) is 0 Å². The molecule has 140 valence electrons. The number of halogens is 3. The quantitative estimate of drug-likeness (QED) is 0.703. The van der Waals surface area contributed by atoms with Gasteiger partial charge in [-0.05, 0) is 24.6 Å². The summed E-state index contributed by atoms with van der Waals surface area (Å²) >= 11 is 0. The van der Waals surface area contributed by atoms with E-state index in [2.05, 4.69) is 5.32 Å². The van der Waals surface area contributed by atoms with Gasteiger partial charge in [0.05, 0.1) is 0 Å². The second kappa shape index (κ2) is 9.26. The van der Waals surface area contributed by atoms with Crippen molar-refractivity contribution in [3.8, 4) is 5.75 Å². The van der Waals surface area contributed by atoms with E-state index < -0.39 is 24.8 Å². The Bertz CT molecular complexity index is 593. The van der Waals surface area contributed by atoms with Crippen LogP contribution in [-0.2, 0) is 16.1 Å². The van der Waals surface area contributed by atoms with Crippen LogP contribution in [0.1, 0.15) is 19.4 Å². The number of rotatable bonds is 9. The average molecular weight is 362 g/mol. The Balaban J connectivity index is 2.77. The molecule has 1 rings (SSSR count). The molecule has 0 fully saturated rings. The van der Waals surface area contributed by atoms with Crippen molar-refractivity contribution in [2.24, 2.45) is 0 Å². The first-order valence-electron chi connectivity index (χ1n) is 7.58. The highest BCUT2D eigenvalue weighted by Crippen LogP contribution is 2.20. The van der Waals surface area contributed by atoms with Gasteiger partial charge in [0.15, 0.2) is 6.61 Å². The van der Waals surface area contributed by atoms with Crippen LogP contribution < -0.4 is 10.1 Å². The molecule has 0 saturated carbocycles. The van der Waals surface area contributed by atoms with Gasteiger partial charge in [-0.1, -0.05) is 12.1 Å². The van der Waals surface area contributed by atoms with Crippen LogP contribution in [0.5, 0.6) is 5.75 Å². The van der Waals surface area contributed by atoms with Gasteiger partial charge in [-0.25, -0.2) is 0 Å². The molecule has 0 heterocycles. The molecule has 0 saturated heterocycles. The number of carboxylic acids is 1. The lowest BCUT2D eigenvalue weighted by Crippen LogP contribution is -2.42. The summed E-state index contributed by atoms with van der Waals surface area (Å²) in [5.41, 5.74) is 0.607. The highest BCUT2D eigenvalue weighted by atomic mass is 19.4. The molecule has 1 unspecified atom stereocenters. The van der Waals surface area contributed by atoms with Crippen molar-refractivity contribution in [3.05, 3.63) is 29.8 Å². The molecule has 0 aliphatic rings. The Morgan fingerprint density at radius 3 is 2.60 bits per heavy atom. The fourth-order valence-electron chi connectivity index (χ4n) is 2.07. The van der Waals surface area contributed by atoms with Crippen molar-refractivity contribution >= 4 is 11.9 Å². The Morgan fingerprint density at radius 2 is 2.04 bits per heavy atom. The van der Waals surface area contributed by atoms with Crippen LogP contribution in [-0.4, -0.2) is 53.8 Å². The lowest BCUT2D eigenvalue weighted by Gasteiger charge is -2.26. The smallest absolute Gasteiger partial charge is 0.422 e. The number of aliphatic carboxylic acids is 1. The fourth-order valence-corrected chi connectivity index (χ4v) is 2.07. The van der Waals surface area contributed by atoms with Crippen molar-refractivity contribution in [1.29, 1.82) is 0 Å². The third kappa shape index (κ3) is 8.39. The van der Waals surface area contributed by atoms with Gasteiger partial charge in [0.2, 0.25) is 5.91 Å². The summed E-state index contributed by atoms with van der Waals surface area (Å²) in [7, 11) is 0. The van der Waals surface area contributed by atoms with Crippen LogP contribution in [0.2, 0.25) is 0 Å². The Kier molecular flexibility index (Phi) is 7.69. The van der Waals surface area contributed by atoms with Gasteiger partial charge in [0.25, 0.3) is 0 Å². The monoisotopic (exact) mass is 362 g/mol. The number of hydrogen-bond acceptors (Lipinski definition) is 4. The number of carboxylic acid groups (broad SMARTS) is 1. The second-order valence-electron chi connectivity index (χ2n) is 5.52. The van der Waals surface area contributed by atoms with Crippen LogP contribution in [0.25, 0.3) is 0 Å². The van der Waals surface area contributed by atoms with E-state index in [4.69, 9.17) is 4.74 Å². The van der Waals surface area contributed by atoms with Gasteiger partial charge in [-0.15, -0.1) is 0 Å².